The van der Waals surface area contributed by atoms with E-state index in [2.05, 4.69) is 5.10 Å². The molecule has 6 rings (SSSR count). The molecule has 0 bridgehead atoms. The lowest BCUT2D eigenvalue weighted by Gasteiger charge is -2.08. The van der Waals surface area contributed by atoms with Gasteiger partial charge in [0.05, 0.1) is 35.2 Å². The molecular formula is C32H23N3O6. The number of carboxylic acid groups (broad SMARTS) is 1. The number of ether oxygens (including phenoxy) is 2. The Morgan fingerprint density at radius 2 is 1.78 bits per heavy atom. The number of methoxy groups -OCH3 is 1. The molecule has 1 N–H and O–H groups in total. The number of fused-ring (bicyclic) bond motifs is 2. The van der Waals surface area contributed by atoms with Crippen molar-refractivity contribution in [2.24, 2.45) is 5.10 Å². The van der Waals surface area contributed by atoms with Crippen LogP contribution in [0.3, 0.4) is 0 Å². The summed E-state index contributed by atoms with van der Waals surface area (Å²) < 4.78 is 18.7. The summed E-state index contributed by atoms with van der Waals surface area (Å²) in [5.74, 6) is 0.875. The van der Waals surface area contributed by atoms with E-state index in [1.165, 1.54) is 16.8 Å². The number of hydrogen-bond acceptors (Lipinski definition) is 7. The fourth-order valence-corrected chi connectivity index (χ4v) is 4.43. The van der Waals surface area contributed by atoms with Crippen molar-refractivity contribution in [2.45, 2.75) is 6.61 Å². The largest absolute Gasteiger partial charge is 0.496 e. The summed E-state index contributed by atoms with van der Waals surface area (Å²) in [5.41, 5.74) is 2.52. The third-order valence-electron chi connectivity index (χ3n) is 6.50. The van der Waals surface area contributed by atoms with E-state index in [4.69, 9.17) is 24.0 Å². The average molecular weight is 546 g/mol. The lowest BCUT2D eigenvalue weighted by atomic mass is 10.1. The van der Waals surface area contributed by atoms with Crippen molar-refractivity contribution in [3.63, 3.8) is 0 Å². The van der Waals surface area contributed by atoms with E-state index in [1.807, 2.05) is 36.4 Å². The van der Waals surface area contributed by atoms with E-state index in [-0.39, 0.29) is 23.6 Å². The Balaban J connectivity index is 1.34. The van der Waals surface area contributed by atoms with E-state index >= 15 is 0 Å². The Bertz CT molecular complexity index is 1990. The van der Waals surface area contributed by atoms with Crippen molar-refractivity contribution >= 4 is 34.1 Å². The summed E-state index contributed by atoms with van der Waals surface area (Å²) >= 11 is 0. The molecule has 0 unspecified atom stereocenters. The van der Waals surface area contributed by atoms with Gasteiger partial charge in [0.15, 0.2) is 5.76 Å². The number of carboxylic acids is 1. The number of para-hydroxylation sites is 1. The van der Waals surface area contributed by atoms with Crippen LogP contribution in [0.4, 0.5) is 0 Å². The molecule has 0 aliphatic rings. The summed E-state index contributed by atoms with van der Waals surface area (Å²) in [6.45, 7) is 0.258. The van der Waals surface area contributed by atoms with Crippen LogP contribution in [0, 0.1) is 0 Å². The quantitative estimate of drug-likeness (QED) is 0.234. The van der Waals surface area contributed by atoms with Gasteiger partial charge in [-0.25, -0.2) is 9.78 Å². The van der Waals surface area contributed by atoms with Crippen LogP contribution in [0.25, 0.3) is 33.5 Å². The van der Waals surface area contributed by atoms with E-state index < -0.39 is 5.97 Å². The molecule has 202 valence electrons. The number of hydrogen-bond donors (Lipinski definition) is 1. The standard InChI is InChI=1S/C32H23N3O6/c1-39-27-10-5-11-28-25(27)17-29(41-28)30-34-26-9-3-2-8-24(26)31(36)35(30)33-18-21-6-4-7-23(16-21)40-19-20-12-14-22(15-13-20)32(37)38/h2-18H,19H2,1H3,(H,37,38). The molecule has 0 aliphatic heterocycles. The molecule has 2 heterocycles. The van der Waals surface area contributed by atoms with Crippen LogP contribution >= 0.6 is 0 Å². The van der Waals surface area contributed by atoms with Crippen molar-refractivity contribution in [3.05, 3.63) is 124 Å². The first-order chi connectivity index (χ1) is 20.0. The summed E-state index contributed by atoms with van der Waals surface area (Å²) in [4.78, 5) is 29.3. The highest BCUT2D eigenvalue weighted by molar-refractivity contribution is 5.89. The predicted molar refractivity (Wildman–Crippen MR) is 155 cm³/mol. The highest BCUT2D eigenvalue weighted by Crippen LogP contribution is 2.32. The van der Waals surface area contributed by atoms with Gasteiger partial charge in [0.2, 0.25) is 5.82 Å². The molecule has 0 fully saturated rings. The van der Waals surface area contributed by atoms with Crippen LogP contribution in [-0.4, -0.2) is 34.1 Å². The third-order valence-corrected chi connectivity index (χ3v) is 6.50. The van der Waals surface area contributed by atoms with E-state index in [1.54, 1.807) is 61.9 Å². The lowest BCUT2D eigenvalue weighted by Crippen LogP contribution is -2.20. The minimum Gasteiger partial charge on any atom is -0.496 e. The first-order valence-electron chi connectivity index (χ1n) is 12.7. The van der Waals surface area contributed by atoms with Crippen molar-refractivity contribution in [1.82, 2.24) is 9.66 Å². The summed E-state index contributed by atoms with van der Waals surface area (Å²) in [7, 11) is 1.59. The summed E-state index contributed by atoms with van der Waals surface area (Å²) in [6.07, 6.45) is 1.55. The fraction of sp³-hybridized carbons (Fsp3) is 0.0625. The zero-order valence-electron chi connectivity index (χ0n) is 21.9. The molecule has 2 aromatic heterocycles. The number of furan rings is 1. The van der Waals surface area contributed by atoms with Gasteiger partial charge in [0.25, 0.3) is 5.56 Å². The first kappa shape index (κ1) is 25.6. The van der Waals surface area contributed by atoms with Crippen molar-refractivity contribution < 1.29 is 23.8 Å². The molecule has 0 amide bonds. The Labute approximate surface area is 233 Å². The zero-order valence-corrected chi connectivity index (χ0v) is 21.9. The SMILES string of the molecule is COc1cccc2oc(-c3nc4ccccc4c(=O)n3N=Cc3cccc(OCc4ccc(C(=O)O)cc4)c3)cc12. The zero-order chi connectivity index (χ0) is 28.3. The van der Waals surface area contributed by atoms with Gasteiger partial charge >= 0.3 is 5.97 Å². The van der Waals surface area contributed by atoms with Crippen LogP contribution in [0.1, 0.15) is 21.5 Å². The van der Waals surface area contributed by atoms with Crippen molar-refractivity contribution in [3.8, 4) is 23.1 Å². The Kier molecular flexibility index (Phi) is 6.75. The molecule has 0 saturated carbocycles. The van der Waals surface area contributed by atoms with Crippen molar-refractivity contribution in [2.75, 3.05) is 7.11 Å². The van der Waals surface area contributed by atoms with E-state index in [0.29, 0.717) is 39.3 Å². The average Bonchev–Trinajstić information content (AvgIpc) is 3.44. The molecule has 0 radical (unpaired) electrons. The molecule has 0 atom stereocenters. The normalized spacial score (nSPS) is 11.3. The van der Waals surface area contributed by atoms with Crippen LogP contribution in [0.5, 0.6) is 11.5 Å². The maximum Gasteiger partial charge on any atom is 0.335 e. The summed E-state index contributed by atoms with van der Waals surface area (Å²) in [6, 6.07) is 28.1. The Morgan fingerprint density at radius 3 is 2.59 bits per heavy atom. The van der Waals surface area contributed by atoms with Gasteiger partial charge in [-0.3, -0.25) is 4.79 Å². The maximum absolute atomic E-state index is 13.6. The molecular weight excluding hydrogens is 522 g/mol. The second-order valence-corrected chi connectivity index (χ2v) is 9.16. The number of nitrogens with zero attached hydrogens (tertiary/aromatic N) is 3. The smallest absolute Gasteiger partial charge is 0.335 e. The Hall–Kier alpha value is -5.70. The highest BCUT2D eigenvalue weighted by Gasteiger charge is 2.18. The minimum absolute atomic E-state index is 0.214. The monoisotopic (exact) mass is 545 g/mol. The van der Waals surface area contributed by atoms with Gasteiger partial charge in [0.1, 0.15) is 23.7 Å². The third kappa shape index (κ3) is 5.16. The first-order valence-corrected chi connectivity index (χ1v) is 12.7. The van der Waals surface area contributed by atoms with Gasteiger partial charge in [-0.05, 0) is 65.7 Å². The minimum atomic E-state index is -0.978. The number of aromatic carboxylic acids is 1. The molecule has 0 spiro atoms. The topological polar surface area (TPSA) is 116 Å². The predicted octanol–water partition coefficient (Wildman–Crippen LogP) is 5.98. The van der Waals surface area contributed by atoms with Crippen LogP contribution < -0.4 is 15.0 Å². The molecule has 0 aliphatic carbocycles. The van der Waals surface area contributed by atoms with Crippen molar-refractivity contribution in [1.29, 1.82) is 0 Å². The number of carbonyl (C=O) groups is 1. The molecule has 0 saturated heterocycles. The van der Waals surface area contributed by atoms with Crippen LogP contribution in [0.15, 0.2) is 111 Å². The summed E-state index contributed by atoms with van der Waals surface area (Å²) in [5, 5.41) is 14.8. The van der Waals surface area contributed by atoms with Gasteiger partial charge < -0.3 is 19.0 Å². The molecule has 41 heavy (non-hydrogen) atoms. The molecule has 6 aromatic rings. The number of rotatable bonds is 8. The fourth-order valence-electron chi connectivity index (χ4n) is 4.43. The Morgan fingerprint density at radius 1 is 0.976 bits per heavy atom. The van der Waals surface area contributed by atoms with Crippen LogP contribution in [0.2, 0.25) is 0 Å². The van der Waals surface area contributed by atoms with Gasteiger partial charge in [-0.2, -0.15) is 9.78 Å². The second-order valence-electron chi connectivity index (χ2n) is 9.16. The number of aromatic nitrogens is 2. The van der Waals surface area contributed by atoms with E-state index in [9.17, 15) is 9.59 Å². The second kappa shape index (κ2) is 10.8. The van der Waals surface area contributed by atoms with Gasteiger partial charge in [0, 0.05) is 0 Å². The van der Waals surface area contributed by atoms with Gasteiger partial charge in [-0.1, -0.05) is 42.5 Å². The lowest BCUT2D eigenvalue weighted by molar-refractivity contribution is 0.0697. The maximum atomic E-state index is 13.6. The molecule has 4 aromatic carbocycles. The number of benzene rings is 4. The molecule has 9 nitrogen and oxygen atoms in total. The van der Waals surface area contributed by atoms with Gasteiger partial charge in [-0.15, -0.1) is 0 Å². The highest BCUT2D eigenvalue weighted by atomic mass is 16.5. The van der Waals surface area contributed by atoms with E-state index in [0.717, 1.165) is 10.9 Å². The van der Waals surface area contributed by atoms with Crippen LogP contribution in [-0.2, 0) is 6.61 Å². The molecule has 9 heteroatoms.